The Kier molecular flexibility index (Phi) is 4.18. The highest BCUT2D eigenvalue weighted by atomic mass is 15.2. The molecular weight excluding hydrogens is 164 g/mol. The zero-order valence-electron chi connectivity index (χ0n) is 8.42. The molecule has 1 fully saturated rings. The van der Waals surface area contributed by atoms with E-state index in [9.17, 15) is 0 Å². The minimum Gasteiger partial charge on any atom is -0.387 e. The van der Waals surface area contributed by atoms with E-state index in [0.29, 0.717) is 6.54 Å². The van der Waals surface area contributed by atoms with Crippen LogP contribution in [0.1, 0.15) is 12.8 Å². The largest absolute Gasteiger partial charge is 0.387 e. The van der Waals surface area contributed by atoms with Crippen molar-refractivity contribution in [2.24, 2.45) is 5.73 Å². The van der Waals surface area contributed by atoms with E-state index >= 15 is 0 Å². The van der Waals surface area contributed by atoms with Crippen molar-refractivity contribution in [2.75, 3.05) is 39.8 Å². The van der Waals surface area contributed by atoms with Crippen LogP contribution >= 0.6 is 0 Å². The highest BCUT2D eigenvalue weighted by molar-refractivity contribution is 5.78. The Balaban J connectivity index is 2.06. The fraction of sp³-hybridized carbons (Fsp3) is 0.889. The summed E-state index contributed by atoms with van der Waals surface area (Å²) in [7, 11) is 2.01. The summed E-state index contributed by atoms with van der Waals surface area (Å²) < 4.78 is 0. The number of hydrogen-bond donors (Lipinski definition) is 2. The lowest BCUT2D eigenvalue weighted by molar-refractivity contribution is 0.274. The lowest BCUT2D eigenvalue weighted by atomic mass is 10.4. The average molecular weight is 184 g/mol. The predicted molar refractivity (Wildman–Crippen MR) is 55.1 cm³/mol. The number of hydrogen-bond acceptors (Lipinski definition) is 3. The van der Waals surface area contributed by atoms with Crippen LogP contribution in [0.15, 0.2) is 0 Å². The molecule has 4 heteroatoms. The quantitative estimate of drug-likeness (QED) is 0.465. The van der Waals surface area contributed by atoms with Gasteiger partial charge in [-0.1, -0.05) is 0 Å². The van der Waals surface area contributed by atoms with Gasteiger partial charge in [0.05, 0.1) is 6.54 Å². The first-order valence-corrected chi connectivity index (χ1v) is 4.92. The summed E-state index contributed by atoms with van der Waals surface area (Å²) in [6.07, 6.45) is 2.69. The normalized spacial score (nSPS) is 18.3. The maximum atomic E-state index is 7.14. The summed E-state index contributed by atoms with van der Waals surface area (Å²) in [6, 6.07) is 0. The molecule has 4 nitrogen and oxygen atoms in total. The summed E-state index contributed by atoms with van der Waals surface area (Å²) >= 11 is 0. The van der Waals surface area contributed by atoms with E-state index in [1.165, 1.54) is 25.9 Å². The standard InChI is InChI=1S/C9H20N4/c1-12(8-9(10)11)6-7-13-4-2-3-5-13/h2-8H2,1H3,(H3,10,11). The Morgan fingerprint density at radius 1 is 1.46 bits per heavy atom. The first-order valence-electron chi connectivity index (χ1n) is 4.92. The third-order valence-corrected chi connectivity index (χ3v) is 2.44. The second-order valence-corrected chi connectivity index (χ2v) is 3.81. The van der Waals surface area contributed by atoms with Gasteiger partial charge in [0.2, 0.25) is 0 Å². The van der Waals surface area contributed by atoms with Crippen molar-refractivity contribution in [3.8, 4) is 0 Å². The van der Waals surface area contributed by atoms with E-state index in [2.05, 4.69) is 9.80 Å². The zero-order valence-corrected chi connectivity index (χ0v) is 8.42. The fourth-order valence-corrected chi connectivity index (χ4v) is 1.69. The molecule has 0 aliphatic carbocycles. The van der Waals surface area contributed by atoms with Crippen LogP contribution in [-0.2, 0) is 0 Å². The lowest BCUT2D eigenvalue weighted by Crippen LogP contribution is -2.36. The zero-order chi connectivity index (χ0) is 9.68. The van der Waals surface area contributed by atoms with Crippen LogP contribution in [-0.4, -0.2) is 55.4 Å². The molecule has 0 aromatic heterocycles. The number of likely N-dealkylation sites (tertiary alicyclic amines) is 1. The topological polar surface area (TPSA) is 56.4 Å². The Morgan fingerprint density at radius 3 is 2.62 bits per heavy atom. The van der Waals surface area contributed by atoms with E-state index < -0.39 is 0 Å². The molecule has 0 radical (unpaired) electrons. The lowest BCUT2D eigenvalue weighted by Gasteiger charge is -2.20. The number of nitrogens with one attached hydrogen (secondary N) is 1. The van der Waals surface area contributed by atoms with Crippen LogP contribution in [0.3, 0.4) is 0 Å². The predicted octanol–water partition coefficient (Wildman–Crippen LogP) is -0.0500. The van der Waals surface area contributed by atoms with Crippen molar-refractivity contribution in [3.63, 3.8) is 0 Å². The van der Waals surface area contributed by atoms with Crippen molar-refractivity contribution in [3.05, 3.63) is 0 Å². The molecule has 0 spiro atoms. The van der Waals surface area contributed by atoms with Crippen molar-refractivity contribution in [1.29, 1.82) is 5.41 Å². The number of likely N-dealkylation sites (N-methyl/N-ethyl adjacent to an activating group) is 1. The van der Waals surface area contributed by atoms with Crippen LogP contribution in [0.4, 0.5) is 0 Å². The summed E-state index contributed by atoms with van der Waals surface area (Å²) in [4.78, 5) is 4.57. The first kappa shape index (κ1) is 10.5. The van der Waals surface area contributed by atoms with Gasteiger partial charge < -0.3 is 10.6 Å². The summed E-state index contributed by atoms with van der Waals surface area (Å²) in [6.45, 7) is 5.21. The van der Waals surface area contributed by atoms with Gasteiger partial charge in [-0.2, -0.15) is 0 Å². The second kappa shape index (κ2) is 5.19. The molecule has 3 N–H and O–H groups in total. The van der Waals surface area contributed by atoms with E-state index in [1.54, 1.807) is 0 Å². The monoisotopic (exact) mass is 184 g/mol. The highest BCUT2D eigenvalue weighted by Crippen LogP contribution is 2.06. The smallest absolute Gasteiger partial charge is 0.105 e. The Labute approximate surface area is 80.2 Å². The van der Waals surface area contributed by atoms with E-state index in [4.69, 9.17) is 11.1 Å². The number of nitrogens with two attached hydrogens (primary N) is 1. The van der Waals surface area contributed by atoms with Crippen molar-refractivity contribution in [2.45, 2.75) is 12.8 Å². The molecule has 1 rings (SSSR count). The SMILES string of the molecule is CN(CCN1CCCC1)CC(=N)N. The Hall–Kier alpha value is -0.610. The van der Waals surface area contributed by atoms with Crippen LogP contribution in [0.25, 0.3) is 0 Å². The third-order valence-electron chi connectivity index (χ3n) is 2.44. The molecule has 1 aliphatic rings. The van der Waals surface area contributed by atoms with Gasteiger partial charge in [-0.3, -0.25) is 10.3 Å². The van der Waals surface area contributed by atoms with Crippen LogP contribution in [0.2, 0.25) is 0 Å². The maximum Gasteiger partial charge on any atom is 0.105 e. The second-order valence-electron chi connectivity index (χ2n) is 3.81. The van der Waals surface area contributed by atoms with Crippen molar-refractivity contribution in [1.82, 2.24) is 9.80 Å². The minimum atomic E-state index is 0.254. The summed E-state index contributed by atoms with van der Waals surface area (Å²) in [5.74, 6) is 0.254. The van der Waals surface area contributed by atoms with E-state index in [0.717, 1.165) is 13.1 Å². The van der Waals surface area contributed by atoms with Gasteiger partial charge in [-0.05, 0) is 33.0 Å². The number of rotatable bonds is 5. The molecule has 0 saturated carbocycles. The molecule has 1 saturated heterocycles. The van der Waals surface area contributed by atoms with Crippen molar-refractivity contribution < 1.29 is 0 Å². The first-order chi connectivity index (χ1) is 6.18. The molecule has 0 bridgehead atoms. The molecule has 1 heterocycles. The highest BCUT2D eigenvalue weighted by Gasteiger charge is 2.11. The number of amidine groups is 1. The minimum absolute atomic E-state index is 0.254. The van der Waals surface area contributed by atoms with E-state index in [-0.39, 0.29) is 5.84 Å². The molecule has 0 aromatic carbocycles. The van der Waals surface area contributed by atoms with Gasteiger partial charge in [0.1, 0.15) is 5.84 Å². The molecule has 0 aromatic rings. The molecule has 0 unspecified atom stereocenters. The van der Waals surface area contributed by atoms with Gasteiger partial charge >= 0.3 is 0 Å². The van der Waals surface area contributed by atoms with Crippen LogP contribution < -0.4 is 5.73 Å². The van der Waals surface area contributed by atoms with Crippen LogP contribution in [0, 0.1) is 5.41 Å². The Morgan fingerprint density at radius 2 is 2.08 bits per heavy atom. The molecular formula is C9H20N4. The fourth-order valence-electron chi connectivity index (χ4n) is 1.69. The summed E-state index contributed by atoms with van der Waals surface area (Å²) in [5, 5.41) is 7.14. The van der Waals surface area contributed by atoms with Gasteiger partial charge in [0, 0.05) is 13.1 Å². The number of nitrogens with zero attached hydrogens (tertiary/aromatic N) is 2. The molecule has 76 valence electrons. The van der Waals surface area contributed by atoms with Gasteiger partial charge in [-0.25, -0.2) is 0 Å². The summed E-state index contributed by atoms with van der Waals surface area (Å²) in [5.41, 5.74) is 5.31. The molecule has 0 amide bonds. The van der Waals surface area contributed by atoms with Crippen molar-refractivity contribution >= 4 is 5.84 Å². The molecule has 13 heavy (non-hydrogen) atoms. The molecule has 1 aliphatic heterocycles. The van der Waals surface area contributed by atoms with Gasteiger partial charge in [0.25, 0.3) is 0 Å². The molecule has 0 atom stereocenters. The maximum absolute atomic E-state index is 7.14. The average Bonchev–Trinajstić information content (AvgIpc) is 2.51. The third kappa shape index (κ3) is 4.24. The van der Waals surface area contributed by atoms with Gasteiger partial charge in [-0.15, -0.1) is 0 Å². The van der Waals surface area contributed by atoms with Gasteiger partial charge in [0.15, 0.2) is 0 Å². The van der Waals surface area contributed by atoms with Crippen LogP contribution in [0.5, 0.6) is 0 Å². The Bertz CT molecular complexity index is 163. The van der Waals surface area contributed by atoms with E-state index in [1.807, 2.05) is 7.05 Å².